The Labute approximate surface area is 201 Å². The molecule has 178 valence electrons. The van der Waals surface area contributed by atoms with Gasteiger partial charge in [-0.1, -0.05) is 44.9 Å². The molecule has 2 heteroatoms. The SMILES string of the molecule is Cc1nc(CCCC2CCC3C4CCC5CCCCC5(C)C4CCC23C)nc2ccccc12. The van der Waals surface area contributed by atoms with Gasteiger partial charge in [-0.3, -0.25) is 0 Å². The first-order valence-electron chi connectivity index (χ1n) is 14.2. The van der Waals surface area contributed by atoms with Gasteiger partial charge in [0.05, 0.1) is 5.52 Å². The van der Waals surface area contributed by atoms with Crippen molar-refractivity contribution in [1.29, 1.82) is 0 Å². The maximum absolute atomic E-state index is 4.89. The molecule has 0 saturated heterocycles. The highest BCUT2D eigenvalue weighted by atomic mass is 14.9. The standard InChI is InChI=1S/C31H44N2/c1-21-24-11-4-5-12-28(24)33-29(32-21)13-8-10-23-15-17-26-25-16-14-22-9-6-7-19-30(22,2)27(25)18-20-31(23,26)3/h4-5,11-12,22-23,25-27H,6-10,13-20H2,1-3H3. The van der Waals surface area contributed by atoms with Gasteiger partial charge in [0.15, 0.2) is 0 Å². The molecule has 6 rings (SSSR count). The van der Waals surface area contributed by atoms with Crippen molar-refractivity contribution in [1.82, 2.24) is 9.97 Å². The van der Waals surface area contributed by atoms with Gasteiger partial charge in [-0.2, -0.15) is 0 Å². The van der Waals surface area contributed by atoms with Gasteiger partial charge in [0.2, 0.25) is 0 Å². The second-order valence-corrected chi connectivity index (χ2v) is 12.9. The molecule has 2 nitrogen and oxygen atoms in total. The summed E-state index contributed by atoms with van der Waals surface area (Å²) in [6, 6.07) is 8.46. The molecular weight excluding hydrogens is 400 g/mol. The van der Waals surface area contributed by atoms with Crippen molar-refractivity contribution in [3.05, 3.63) is 35.8 Å². The van der Waals surface area contributed by atoms with Crippen LogP contribution in [0.2, 0.25) is 0 Å². The van der Waals surface area contributed by atoms with Crippen molar-refractivity contribution in [3.8, 4) is 0 Å². The summed E-state index contributed by atoms with van der Waals surface area (Å²) >= 11 is 0. The Balaban J connectivity index is 1.13. The highest BCUT2D eigenvalue weighted by Crippen LogP contribution is 2.67. The van der Waals surface area contributed by atoms with Gasteiger partial charge in [-0.25, -0.2) is 9.97 Å². The summed E-state index contributed by atoms with van der Waals surface area (Å²) in [4.78, 5) is 9.74. The van der Waals surface area contributed by atoms with E-state index in [-0.39, 0.29) is 0 Å². The average molecular weight is 445 g/mol. The van der Waals surface area contributed by atoms with Crippen molar-refractivity contribution in [2.75, 3.05) is 0 Å². The van der Waals surface area contributed by atoms with Crippen LogP contribution in [0.5, 0.6) is 0 Å². The van der Waals surface area contributed by atoms with Crippen LogP contribution in [0.3, 0.4) is 0 Å². The van der Waals surface area contributed by atoms with E-state index in [0.717, 1.165) is 53.0 Å². The third-order valence-electron chi connectivity index (χ3n) is 11.6. The van der Waals surface area contributed by atoms with E-state index in [2.05, 4.69) is 45.0 Å². The molecule has 0 spiro atoms. The maximum atomic E-state index is 4.89. The molecule has 7 atom stereocenters. The topological polar surface area (TPSA) is 25.8 Å². The lowest BCUT2D eigenvalue weighted by atomic mass is 9.45. The lowest BCUT2D eigenvalue weighted by molar-refractivity contribution is -0.111. The summed E-state index contributed by atoms with van der Waals surface area (Å²) in [7, 11) is 0. The summed E-state index contributed by atoms with van der Waals surface area (Å²) in [5.41, 5.74) is 3.51. The Hall–Kier alpha value is -1.44. The number of aromatic nitrogens is 2. The van der Waals surface area contributed by atoms with Crippen LogP contribution in [0.4, 0.5) is 0 Å². The van der Waals surface area contributed by atoms with Crippen LogP contribution in [0.25, 0.3) is 10.9 Å². The molecule has 1 heterocycles. The molecule has 4 fully saturated rings. The molecule has 7 unspecified atom stereocenters. The minimum absolute atomic E-state index is 0.596. The Bertz CT molecular complexity index is 1010. The fraction of sp³-hybridized carbons (Fsp3) is 0.742. The molecule has 33 heavy (non-hydrogen) atoms. The molecule has 1 aromatic carbocycles. The number of aryl methyl sites for hydroxylation is 2. The first kappa shape index (κ1) is 22.1. The molecule has 4 aliphatic carbocycles. The summed E-state index contributed by atoms with van der Waals surface area (Å²) in [5, 5.41) is 1.20. The van der Waals surface area contributed by atoms with Crippen molar-refractivity contribution in [2.45, 2.75) is 104 Å². The Kier molecular flexibility index (Phi) is 5.58. The van der Waals surface area contributed by atoms with E-state index in [1.165, 1.54) is 76.0 Å². The molecule has 0 aliphatic heterocycles. The highest BCUT2D eigenvalue weighted by Gasteiger charge is 2.59. The van der Waals surface area contributed by atoms with Crippen LogP contribution >= 0.6 is 0 Å². The van der Waals surface area contributed by atoms with E-state index in [9.17, 15) is 0 Å². The lowest BCUT2D eigenvalue weighted by Gasteiger charge is -2.60. The maximum Gasteiger partial charge on any atom is 0.129 e. The van der Waals surface area contributed by atoms with Crippen molar-refractivity contribution < 1.29 is 0 Å². The smallest absolute Gasteiger partial charge is 0.129 e. The predicted molar refractivity (Wildman–Crippen MR) is 137 cm³/mol. The van der Waals surface area contributed by atoms with E-state index >= 15 is 0 Å². The second-order valence-electron chi connectivity index (χ2n) is 12.9. The summed E-state index contributed by atoms with van der Waals surface area (Å²) in [6.45, 7) is 7.56. The van der Waals surface area contributed by atoms with E-state index in [4.69, 9.17) is 9.97 Å². The van der Waals surface area contributed by atoms with Crippen LogP contribution in [0.1, 0.15) is 102 Å². The van der Waals surface area contributed by atoms with Crippen molar-refractivity contribution in [2.24, 2.45) is 40.4 Å². The van der Waals surface area contributed by atoms with Crippen LogP contribution in [-0.2, 0) is 6.42 Å². The van der Waals surface area contributed by atoms with Crippen LogP contribution in [0.15, 0.2) is 24.3 Å². The second kappa shape index (κ2) is 8.35. The van der Waals surface area contributed by atoms with E-state index < -0.39 is 0 Å². The zero-order chi connectivity index (χ0) is 22.6. The molecule has 0 bridgehead atoms. The molecule has 1 aromatic heterocycles. The number of benzene rings is 1. The molecular formula is C31H44N2. The third kappa shape index (κ3) is 3.57. The fourth-order valence-electron chi connectivity index (χ4n) is 9.79. The van der Waals surface area contributed by atoms with Gasteiger partial charge in [-0.05, 0) is 118 Å². The van der Waals surface area contributed by atoms with E-state index in [1.54, 1.807) is 6.42 Å². The first-order chi connectivity index (χ1) is 16.0. The van der Waals surface area contributed by atoms with Crippen LogP contribution in [0, 0.1) is 47.3 Å². The predicted octanol–water partition coefficient (Wildman–Crippen LogP) is 8.31. The van der Waals surface area contributed by atoms with Gasteiger partial charge >= 0.3 is 0 Å². The van der Waals surface area contributed by atoms with E-state index in [0.29, 0.717) is 10.8 Å². The number of hydrogen-bond donors (Lipinski definition) is 0. The van der Waals surface area contributed by atoms with Gasteiger partial charge in [-0.15, -0.1) is 0 Å². The molecule has 0 radical (unpaired) electrons. The zero-order valence-corrected chi connectivity index (χ0v) is 21.3. The third-order valence-corrected chi connectivity index (χ3v) is 11.6. The molecule has 0 N–H and O–H groups in total. The Morgan fingerprint density at radius 1 is 0.848 bits per heavy atom. The number of rotatable bonds is 4. The highest BCUT2D eigenvalue weighted by molar-refractivity contribution is 5.80. The molecule has 2 aromatic rings. The average Bonchev–Trinajstić information content (AvgIpc) is 3.15. The monoisotopic (exact) mass is 444 g/mol. The molecule has 0 amide bonds. The minimum Gasteiger partial charge on any atom is -0.238 e. The van der Waals surface area contributed by atoms with E-state index in [1.807, 2.05) is 0 Å². The number of para-hydroxylation sites is 1. The summed E-state index contributed by atoms with van der Waals surface area (Å²) in [5.74, 6) is 6.07. The number of hydrogen-bond acceptors (Lipinski definition) is 2. The zero-order valence-electron chi connectivity index (χ0n) is 21.3. The van der Waals surface area contributed by atoms with Gasteiger partial charge < -0.3 is 0 Å². The van der Waals surface area contributed by atoms with Crippen LogP contribution < -0.4 is 0 Å². The minimum atomic E-state index is 0.596. The summed E-state index contributed by atoms with van der Waals surface area (Å²) in [6.07, 6.45) is 18.8. The largest absolute Gasteiger partial charge is 0.238 e. The van der Waals surface area contributed by atoms with Crippen molar-refractivity contribution in [3.63, 3.8) is 0 Å². The normalized spacial score (nSPS) is 40.3. The van der Waals surface area contributed by atoms with Gasteiger partial charge in [0, 0.05) is 17.5 Å². The van der Waals surface area contributed by atoms with Crippen molar-refractivity contribution >= 4 is 10.9 Å². The first-order valence-corrected chi connectivity index (χ1v) is 14.2. The number of fused-ring (bicyclic) bond motifs is 6. The number of nitrogens with zero attached hydrogens (tertiary/aromatic N) is 2. The Morgan fingerprint density at radius 3 is 2.61 bits per heavy atom. The fourth-order valence-corrected chi connectivity index (χ4v) is 9.79. The van der Waals surface area contributed by atoms with Gasteiger partial charge in [0.25, 0.3) is 0 Å². The Morgan fingerprint density at radius 2 is 1.70 bits per heavy atom. The lowest BCUT2D eigenvalue weighted by Crippen LogP contribution is -2.52. The molecule has 4 saturated carbocycles. The molecule has 4 aliphatic rings. The van der Waals surface area contributed by atoms with Crippen LogP contribution in [-0.4, -0.2) is 9.97 Å². The quantitative estimate of drug-likeness (QED) is 0.474. The van der Waals surface area contributed by atoms with Gasteiger partial charge in [0.1, 0.15) is 5.82 Å². The summed E-state index contributed by atoms with van der Waals surface area (Å²) < 4.78 is 0.